The van der Waals surface area contributed by atoms with Crippen molar-refractivity contribution in [1.29, 1.82) is 0 Å². The number of nitrogens with one attached hydrogen (secondary N) is 2. The van der Waals surface area contributed by atoms with E-state index in [0.717, 1.165) is 12.2 Å². The maximum absolute atomic E-state index is 10.9. The maximum atomic E-state index is 10.9. The van der Waals surface area contributed by atoms with Crippen LogP contribution < -0.4 is 10.9 Å². The molecule has 78 valence electrons. The largest absolute Gasteiger partial charge is 0.469 e. The van der Waals surface area contributed by atoms with Crippen LogP contribution in [0.1, 0.15) is 5.76 Å². The monoisotopic (exact) mass is 205 g/mol. The molecule has 0 saturated heterocycles. The number of rotatable bonds is 4. The van der Waals surface area contributed by atoms with Crippen LogP contribution in [0.4, 0.5) is 5.82 Å². The summed E-state index contributed by atoms with van der Waals surface area (Å²) in [7, 11) is 0. The normalized spacial score (nSPS) is 10.1. The van der Waals surface area contributed by atoms with Crippen molar-refractivity contribution < 1.29 is 4.42 Å². The van der Waals surface area contributed by atoms with Crippen molar-refractivity contribution in [3.05, 3.63) is 46.9 Å². The second-order valence-corrected chi connectivity index (χ2v) is 3.05. The maximum Gasteiger partial charge on any atom is 0.252 e. The van der Waals surface area contributed by atoms with E-state index in [2.05, 4.69) is 15.3 Å². The van der Waals surface area contributed by atoms with Crippen LogP contribution >= 0.6 is 0 Å². The first-order valence-corrected chi connectivity index (χ1v) is 4.65. The molecule has 2 aromatic heterocycles. The van der Waals surface area contributed by atoms with E-state index in [-0.39, 0.29) is 5.56 Å². The second-order valence-electron chi connectivity index (χ2n) is 3.05. The molecule has 0 radical (unpaired) electrons. The molecule has 0 fully saturated rings. The van der Waals surface area contributed by atoms with E-state index in [1.54, 1.807) is 6.26 Å². The third kappa shape index (κ3) is 2.70. The molecule has 5 nitrogen and oxygen atoms in total. The van der Waals surface area contributed by atoms with Gasteiger partial charge in [-0.25, -0.2) is 4.98 Å². The summed E-state index contributed by atoms with van der Waals surface area (Å²) in [5.74, 6) is 1.48. The smallest absolute Gasteiger partial charge is 0.252 e. The van der Waals surface area contributed by atoms with E-state index in [0.29, 0.717) is 12.4 Å². The van der Waals surface area contributed by atoms with E-state index in [1.807, 2.05) is 12.1 Å². The van der Waals surface area contributed by atoms with E-state index < -0.39 is 0 Å². The van der Waals surface area contributed by atoms with Gasteiger partial charge in [-0.1, -0.05) is 0 Å². The Labute approximate surface area is 86.2 Å². The second kappa shape index (κ2) is 4.45. The Morgan fingerprint density at radius 2 is 2.47 bits per heavy atom. The standard InChI is InChI=1S/C10H11N3O2/c14-10-6-9(12-7-13-10)11-4-3-8-2-1-5-15-8/h1-2,5-7H,3-4H2,(H2,11,12,13,14). The van der Waals surface area contributed by atoms with Gasteiger partial charge in [0, 0.05) is 19.0 Å². The first-order chi connectivity index (χ1) is 7.34. The molecule has 2 rings (SSSR count). The lowest BCUT2D eigenvalue weighted by Gasteiger charge is -2.02. The van der Waals surface area contributed by atoms with Crippen molar-refractivity contribution in [3.63, 3.8) is 0 Å². The molecular weight excluding hydrogens is 194 g/mol. The van der Waals surface area contributed by atoms with E-state index in [4.69, 9.17) is 4.42 Å². The number of H-pyrrole nitrogens is 1. The molecule has 2 aromatic rings. The fraction of sp³-hybridized carbons (Fsp3) is 0.200. The molecule has 0 amide bonds. The van der Waals surface area contributed by atoms with Crippen molar-refractivity contribution in [1.82, 2.24) is 9.97 Å². The summed E-state index contributed by atoms with van der Waals surface area (Å²) in [6.07, 6.45) is 3.78. The summed E-state index contributed by atoms with van der Waals surface area (Å²) in [6.45, 7) is 0.684. The van der Waals surface area contributed by atoms with Crippen LogP contribution in [-0.2, 0) is 6.42 Å². The molecule has 0 aliphatic carbocycles. The summed E-state index contributed by atoms with van der Waals surface area (Å²) < 4.78 is 5.17. The molecule has 2 heterocycles. The highest BCUT2D eigenvalue weighted by molar-refractivity contribution is 5.31. The van der Waals surface area contributed by atoms with Crippen LogP contribution in [0.2, 0.25) is 0 Å². The summed E-state index contributed by atoms with van der Waals surface area (Å²) in [5, 5.41) is 3.03. The highest BCUT2D eigenvalue weighted by Crippen LogP contribution is 2.01. The Kier molecular flexibility index (Phi) is 2.82. The van der Waals surface area contributed by atoms with Crippen LogP contribution in [-0.4, -0.2) is 16.5 Å². The molecule has 0 spiro atoms. The molecule has 0 aliphatic rings. The van der Waals surface area contributed by atoms with Gasteiger partial charge >= 0.3 is 0 Å². The summed E-state index contributed by atoms with van der Waals surface area (Å²) in [5.41, 5.74) is -0.162. The van der Waals surface area contributed by atoms with Gasteiger partial charge in [-0.15, -0.1) is 0 Å². The molecule has 0 unspecified atom stereocenters. The van der Waals surface area contributed by atoms with E-state index >= 15 is 0 Å². The third-order valence-corrected chi connectivity index (χ3v) is 1.94. The zero-order chi connectivity index (χ0) is 10.5. The molecule has 0 saturated carbocycles. The fourth-order valence-electron chi connectivity index (χ4n) is 1.23. The fourth-order valence-corrected chi connectivity index (χ4v) is 1.23. The van der Waals surface area contributed by atoms with Gasteiger partial charge < -0.3 is 14.7 Å². The lowest BCUT2D eigenvalue weighted by Crippen LogP contribution is -2.11. The molecule has 0 bridgehead atoms. The molecule has 0 aromatic carbocycles. The molecular formula is C10H11N3O2. The molecule has 15 heavy (non-hydrogen) atoms. The summed E-state index contributed by atoms with van der Waals surface area (Å²) in [4.78, 5) is 17.3. The van der Waals surface area contributed by atoms with Crippen LogP contribution in [0.3, 0.4) is 0 Å². The first-order valence-electron chi connectivity index (χ1n) is 4.65. The van der Waals surface area contributed by atoms with Crippen molar-refractivity contribution in [2.75, 3.05) is 11.9 Å². The van der Waals surface area contributed by atoms with Crippen molar-refractivity contribution in [3.8, 4) is 0 Å². The number of hydrogen-bond acceptors (Lipinski definition) is 4. The number of furan rings is 1. The molecule has 2 N–H and O–H groups in total. The Bertz CT molecular complexity index is 462. The minimum atomic E-state index is -0.162. The lowest BCUT2D eigenvalue weighted by molar-refractivity contribution is 0.513. The van der Waals surface area contributed by atoms with Crippen LogP contribution in [0.5, 0.6) is 0 Å². The average molecular weight is 205 g/mol. The minimum Gasteiger partial charge on any atom is -0.469 e. The predicted molar refractivity (Wildman–Crippen MR) is 55.8 cm³/mol. The predicted octanol–water partition coefficient (Wildman–Crippen LogP) is 1.02. The van der Waals surface area contributed by atoms with Gasteiger partial charge in [-0.3, -0.25) is 4.79 Å². The Hall–Kier alpha value is -2.04. The molecule has 0 atom stereocenters. The minimum absolute atomic E-state index is 0.162. The van der Waals surface area contributed by atoms with Gasteiger partial charge in [0.05, 0.1) is 12.6 Å². The molecule has 0 aliphatic heterocycles. The number of anilines is 1. The van der Waals surface area contributed by atoms with Gasteiger partial charge in [0.2, 0.25) is 0 Å². The van der Waals surface area contributed by atoms with Crippen LogP contribution in [0.15, 0.2) is 40.0 Å². The van der Waals surface area contributed by atoms with Crippen LogP contribution in [0, 0.1) is 0 Å². The quantitative estimate of drug-likeness (QED) is 0.781. The van der Waals surface area contributed by atoms with Crippen molar-refractivity contribution in [2.45, 2.75) is 6.42 Å². The highest BCUT2D eigenvalue weighted by atomic mass is 16.3. The topological polar surface area (TPSA) is 70.9 Å². The SMILES string of the molecule is O=c1cc(NCCc2ccco2)nc[nH]1. The lowest BCUT2D eigenvalue weighted by atomic mass is 10.3. The Morgan fingerprint density at radius 3 is 3.20 bits per heavy atom. The van der Waals surface area contributed by atoms with Gasteiger partial charge in [0.1, 0.15) is 11.6 Å². The van der Waals surface area contributed by atoms with Crippen molar-refractivity contribution >= 4 is 5.82 Å². The van der Waals surface area contributed by atoms with E-state index in [1.165, 1.54) is 12.4 Å². The van der Waals surface area contributed by atoms with Crippen molar-refractivity contribution in [2.24, 2.45) is 0 Å². The zero-order valence-corrected chi connectivity index (χ0v) is 8.06. The summed E-state index contributed by atoms with van der Waals surface area (Å²) >= 11 is 0. The number of nitrogens with zero attached hydrogens (tertiary/aromatic N) is 1. The van der Waals surface area contributed by atoms with Gasteiger partial charge in [-0.05, 0) is 12.1 Å². The van der Waals surface area contributed by atoms with Gasteiger partial charge in [-0.2, -0.15) is 0 Å². The zero-order valence-electron chi connectivity index (χ0n) is 8.06. The van der Waals surface area contributed by atoms with Gasteiger partial charge in [0.15, 0.2) is 0 Å². The molecule has 5 heteroatoms. The number of aromatic amines is 1. The van der Waals surface area contributed by atoms with Gasteiger partial charge in [0.25, 0.3) is 5.56 Å². The van der Waals surface area contributed by atoms with E-state index in [9.17, 15) is 4.79 Å². The highest BCUT2D eigenvalue weighted by Gasteiger charge is 1.96. The average Bonchev–Trinajstić information content (AvgIpc) is 2.71. The Morgan fingerprint density at radius 1 is 1.53 bits per heavy atom. The summed E-state index contributed by atoms with van der Waals surface area (Å²) in [6, 6.07) is 5.18. The third-order valence-electron chi connectivity index (χ3n) is 1.94. The number of aromatic nitrogens is 2. The first kappa shape index (κ1) is 9.51. The number of hydrogen-bond donors (Lipinski definition) is 2. The Balaban J connectivity index is 1.86. The van der Waals surface area contributed by atoms with Crippen LogP contribution in [0.25, 0.3) is 0 Å².